The Morgan fingerprint density at radius 3 is 2.74 bits per heavy atom. The summed E-state index contributed by atoms with van der Waals surface area (Å²) < 4.78 is 11.0. The zero-order chi connectivity index (χ0) is 16.4. The van der Waals surface area contributed by atoms with Gasteiger partial charge in [-0.1, -0.05) is 6.92 Å². The second-order valence-electron chi connectivity index (χ2n) is 5.65. The van der Waals surface area contributed by atoms with Gasteiger partial charge in [0.2, 0.25) is 0 Å². The Kier molecular flexibility index (Phi) is 4.34. The van der Waals surface area contributed by atoms with Crippen LogP contribution in [0.25, 0.3) is 11.0 Å². The van der Waals surface area contributed by atoms with Gasteiger partial charge in [0.1, 0.15) is 11.3 Å². The fraction of sp³-hybridized carbons (Fsp3) is 0.412. The van der Waals surface area contributed by atoms with Crippen LogP contribution in [0.5, 0.6) is 5.75 Å². The molecule has 1 aromatic carbocycles. The van der Waals surface area contributed by atoms with Crippen LogP contribution in [0.3, 0.4) is 0 Å². The summed E-state index contributed by atoms with van der Waals surface area (Å²) in [6, 6.07) is 3.68. The molecule has 0 radical (unpaired) electrons. The monoisotopic (exact) mass is 317 g/mol. The number of carbonyl (C=O) groups is 1. The first kappa shape index (κ1) is 15.6. The average Bonchev–Trinajstić information content (AvgIpc) is 2.59. The van der Waals surface area contributed by atoms with Crippen LogP contribution in [-0.4, -0.2) is 17.7 Å². The lowest BCUT2D eigenvalue weighted by molar-refractivity contribution is -0.131. The average molecular weight is 317 g/mol. The van der Waals surface area contributed by atoms with E-state index in [2.05, 4.69) is 0 Å². The highest BCUT2D eigenvalue weighted by Gasteiger charge is 2.21. The Hall–Kier alpha value is -2.34. The van der Waals surface area contributed by atoms with Crippen LogP contribution in [0.15, 0.2) is 21.3 Å². The lowest BCUT2D eigenvalue weighted by Crippen LogP contribution is -2.25. The van der Waals surface area contributed by atoms with E-state index in [0.29, 0.717) is 17.8 Å². The van der Waals surface area contributed by atoms with Gasteiger partial charge in [0.05, 0.1) is 0 Å². The van der Waals surface area contributed by atoms with Crippen molar-refractivity contribution in [1.82, 2.24) is 5.48 Å². The highest BCUT2D eigenvalue weighted by molar-refractivity contribution is 5.86. The second-order valence-corrected chi connectivity index (χ2v) is 5.65. The maximum absolute atomic E-state index is 12.3. The molecule has 0 fully saturated rings. The first-order valence-corrected chi connectivity index (χ1v) is 7.81. The maximum Gasteiger partial charge on any atom is 0.339 e. The van der Waals surface area contributed by atoms with Crippen LogP contribution in [0.1, 0.15) is 36.5 Å². The Morgan fingerprint density at radius 2 is 2.04 bits per heavy atom. The molecule has 0 aliphatic heterocycles. The maximum atomic E-state index is 12.3. The molecule has 1 aliphatic carbocycles. The number of hydroxylamine groups is 1. The predicted octanol–water partition coefficient (Wildman–Crippen LogP) is 2.12. The van der Waals surface area contributed by atoms with Crippen LogP contribution < -0.4 is 15.8 Å². The van der Waals surface area contributed by atoms with Crippen molar-refractivity contribution in [2.45, 2.75) is 39.0 Å². The number of hydrogen-bond acceptors (Lipinski definition) is 5. The molecule has 0 saturated heterocycles. The van der Waals surface area contributed by atoms with Crippen molar-refractivity contribution in [1.29, 1.82) is 0 Å². The molecule has 1 aromatic heterocycles. The molecule has 1 amide bonds. The van der Waals surface area contributed by atoms with Gasteiger partial charge < -0.3 is 9.15 Å². The molecule has 6 nitrogen and oxygen atoms in total. The number of carbonyl (C=O) groups excluding carboxylic acids is 1. The van der Waals surface area contributed by atoms with Crippen molar-refractivity contribution in [3.63, 3.8) is 0 Å². The zero-order valence-corrected chi connectivity index (χ0v) is 13.0. The summed E-state index contributed by atoms with van der Waals surface area (Å²) in [5.41, 5.74) is 4.43. The minimum absolute atomic E-state index is 0.271. The molecule has 2 aromatic rings. The molecule has 0 bridgehead atoms. The van der Waals surface area contributed by atoms with E-state index in [-0.39, 0.29) is 12.2 Å². The number of hydrogen-bond donors (Lipinski definition) is 2. The molecule has 2 N–H and O–H groups in total. The molecule has 1 heterocycles. The lowest BCUT2D eigenvalue weighted by atomic mass is 9.89. The van der Waals surface area contributed by atoms with Gasteiger partial charge in [-0.05, 0) is 49.8 Å². The number of benzene rings is 1. The summed E-state index contributed by atoms with van der Waals surface area (Å²) in [5.74, 6) is -0.151. The van der Waals surface area contributed by atoms with Gasteiger partial charge in [0.25, 0.3) is 5.91 Å². The van der Waals surface area contributed by atoms with Crippen molar-refractivity contribution in [3.8, 4) is 5.75 Å². The van der Waals surface area contributed by atoms with Crippen LogP contribution in [0.2, 0.25) is 0 Å². The quantitative estimate of drug-likeness (QED) is 0.512. The Bertz CT molecular complexity index is 809. The summed E-state index contributed by atoms with van der Waals surface area (Å²) >= 11 is 0. The SMILES string of the molecule is CCc1c(OCC(=O)NO)ccc2c3c(c(=O)oc12)CCCC3. The van der Waals surface area contributed by atoms with Crippen molar-refractivity contribution in [2.24, 2.45) is 0 Å². The topological polar surface area (TPSA) is 88.8 Å². The van der Waals surface area contributed by atoms with Crippen LogP contribution in [-0.2, 0) is 24.1 Å². The fourth-order valence-electron chi connectivity index (χ4n) is 3.19. The van der Waals surface area contributed by atoms with E-state index in [1.165, 1.54) is 5.48 Å². The smallest absolute Gasteiger partial charge is 0.339 e. The van der Waals surface area contributed by atoms with Gasteiger partial charge in [0.15, 0.2) is 6.61 Å². The van der Waals surface area contributed by atoms with Crippen molar-refractivity contribution >= 4 is 16.9 Å². The standard InChI is InChI=1S/C17H19NO5/c1-2-10-14(22-9-15(19)18-21)8-7-12-11-5-3-4-6-13(11)17(20)23-16(10)12/h7-8,21H,2-6,9H2,1H3,(H,18,19). The molecule has 0 atom stereocenters. The van der Waals surface area contributed by atoms with Gasteiger partial charge in [-0.3, -0.25) is 10.0 Å². The lowest BCUT2D eigenvalue weighted by Gasteiger charge is -2.18. The van der Waals surface area contributed by atoms with Gasteiger partial charge in [0, 0.05) is 16.5 Å². The number of rotatable bonds is 4. The number of fused-ring (bicyclic) bond motifs is 3. The minimum atomic E-state index is -0.640. The number of aryl methyl sites for hydroxylation is 2. The first-order chi connectivity index (χ1) is 11.2. The van der Waals surface area contributed by atoms with E-state index in [9.17, 15) is 9.59 Å². The highest BCUT2D eigenvalue weighted by atomic mass is 16.5. The van der Waals surface area contributed by atoms with Gasteiger partial charge in [-0.25, -0.2) is 10.3 Å². The second kappa shape index (κ2) is 6.42. The van der Waals surface area contributed by atoms with E-state index >= 15 is 0 Å². The molecular formula is C17H19NO5. The number of ether oxygens (including phenoxy) is 1. The van der Waals surface area contributed by atoms with Crippen LogP contribution in [0, 0.1) is 0 Å². The molecule has 0 unspecified atom stereocenters. The third-order valence-corrected chi connectivity index (χ3v) is 4.29. The third-order valence-electron chi connectivity index (χ3n) is 4.29. The fourth-order valence-corrected chi connectivity index (χ4v) is 3.19. The van der Waals surface area contributed by atoms with Crippen molar-refractivity contribution in [3.05, 3.63) is 39.2 Å². The summed E-state index contributed by atoms with van der Waals surface area (Å²) in [7, 11) is 0. The zero-order valence-electron chi connectivity index (χ0n) is 13.0. The van der Waals surface area contributed by atoms with Gasteiger partial charge in [-0.15, -0.1) is 0 Å². The van der Waals surface area contributed by atoms with E-state index < -0.39 is 5.91 Å². The van der Waals surface area contributed by atoms with Crippen molar-refractivity contribution in [2.75, 3.05) is 6.61 Å². The summed E-state index contributed by atoms with van der Waals surface area (Å²) in [6.45, 7) is 1.64. The van der Waals surface area contributed by atoms with E-state index in [0.717, 1.165) is 47.8 Å². The van der Waals surface area contributed by atoms with E-state index in [4.69, 9.17) is 14.4 Å². The van der Waals surface area contributed by atoms with Crippen molar-refractivity contribution < 1.29 is 19.2 Å². The molecule has 6 heteroatoms. The number of nitrogens with one attached hydrogen (secondary N) is 1. The predicted molar refractivity (Wildman–Crippen MR) is 83.9 cm³/mol. The molecule has 0 saturated carbocycles. The Balaban J connectivity index is 2.12. The highest BCUT2D eigenvalue weighted by Crippen LogP contribution is 2.33. The molecule has 3 rings (SSSR count). The normalized spacial score (nSPS) is 13.7. The largest absolute Gasteiger partial charge is 0.483 e. The Labute approximate surface area is 133 Å². The van der Waals surface area contributed by atoms with Gasteiger partial charge >= 0.3 is 5.63 Å². The molecule has 0 spiro atoms. The Morgan fingerprint density at radius 1 is 1.30 bits per heavy atom. The summed E-state index contributed by atoms with van der Waals surface area (Å²) in [4.78, 5) is 23.4. The minimum Gasteiger partial charge on any atom is -0.483 e. The molecule has 1 aliphatic rings. The van der Waals surface area contributed by atoms with E-state index in [1.54, 1.807) is 6.07 Å². The summed E-state index contributed by atoms with van der Waals surface area (Å²) in [6.07, 6.45) is 4.34. The van der Waals surface area contributed by atoms with Crippen LogP contribution in [0.4, 0.5) is 0 Å². The first-order valence-electron chi connectivity index (χ1n) is 7.81. The number of amides is 1. The van der Waals surface area contributed by atoms with Gasteiger partial charge in [-0.2, -0.15) is 0 Å². The molecule has 23 heavy (non-hydrogen) atoms. The third kappa shape index (κ3) is 2.82. The summed E-state index contributed by atoms with van der Waals surface area (Å²) in [5, 5.41) is 9.49. The van der Waals surface area contributed by atoms with Crippen LogP contribution >= 0.6 is 0 Å². The van der Waals surface area contributed by atoms with E-state index in [1.807, 2.05) is 13.0 Å². The molecular weight excluding hydrogens is 298 g/mol. The molecule has 122 valence electrons.